The Morgan fingerprint density at radius 2 is 2.33 bits per heavy atom. The predicted octanol–water partition coefficient (Wildman–Crippen LogP) is 2.52. The van der Waals surface area contributed by atoms with Gasteiger partial charge in [0, 0.05) is 6.54 Å². The summed E-state index contributed by atoms with van der Waals surface area (Å²) >= 11 is 3.49. The van der Waals surface area contributed by atoms with Gasteiger partial charge in [0.15, 0.2) is 6.61 Å². The molecule has 0 radical (unpaired) electrons. The summed E-state index contributed by atoms with van der Waals surface area (Å²) in [6, 6.07) is 5.99. The first kappa shape index (κ1) is 13.0. The van der Waals surface area contributed by atoms with Gasteiger partial charge in [-0.15, -0.1) is 0 Å². The maximum absolute atomic E-state index is 5.59. The lowest BCUT2D eigenvalue weighted by Gasteiger charge is -2.08. The second-order valence-electron chi connectivity index (χ2n) is 3.68. The number of hydrogen-bond donors (Lipinski definition) is 1. The van der Waals surface area contributed by atoms with Crippen molar-refractivity contribution in [2.75, 3.05) is 6.54 Å². The molecule has 1 aromatic carbocycles. The van der Waals surface area contributed by atoms with Gasteiger partial charge in [-0.05, 0) is 40.2 Å². The lowest BCUT2D eigenvalue weighted by Crippen LogP contribution is -2.11. The molecule has 1 aromatic heterocycles. The molecule has 0 fully saturated rings. The first-order valence-corrected chi connectivity index (χ1v) is 6.46. The van der Waals surface area contributed by atoms with E-state index in [2.05, 4.69) is 42.8 Å². The van der Waals surface area contributed by atoms with Gasteiger partial charge < -0.3 is 14.6 Å². The largest absolute Gasteiger partial charge is 0.484 e. The normalized spacial score (nSPS) is 10.6. The highest BCUT2D eigenvalue weighted by atomic mass is 79.9. The van der Waals surface area contributed by atoms with Crippen molar-refractivity contribution in [3.63, 3.8) is 0 Å². The molecule has 0 spiro atoms. The molecule has 0 unspecified atom stereocenters. The quantitative estimate of drug-likeness (QED) is 0.888. The number of nitrogens with zero attached hydrogens (tertiary/aromatic N) is 2. The van der Waals surface area contributed by atoms with Crippen molar-refractivity contribution in [2.24, 2.45) is 0 Å². The van der Waals surface area contributed by atoms with Crippen LogP contribution in [0.5, 0.6) is 5.75 Å². The summed E-state index contributed by atoms with van der Waals surface area (Å²) in [5, 5.41) is 6.95. The Kier molecular flexibility index (Phi) is 4.72. The van der Waals surface area contributed by atoms with Crippen LogP contribution in [0.3, 0.4) is 0 Å². The van der Waals surface area contributed by atoms with Gasteiger partial charge in [0.2, 0.25) is 12.2 Å². The van der Waals surface area contributed by atoms with E-state index in [9.17, 15) is 0 Å². The van der Waals surface area contributed by atoms with Crippen molar-refractivity contribution >= 4 is 15.9 Å². The molecule has 0 aliphatic rings. The van der Waals surface area contributed by atoms with Crippen LogP contribution in [0.1, 0.15) is 18.3 Å². The van der Waals surface area contributed by atoms with Gasteiger partial charge in [-0.2, -0.15) is 4.98 Å². The Balaban J connectivity index is 1.96. The first-order valence-electron chi connectivity index (χ1n) is 5.66. The van der Waals surface area contributed by atoms with Crippen LogP contribution in [-0.2, 0) is 13.2 Å². The molecule has 0 saturated heterocycles. The molecule has 96 valence electrons. The van der Waals surface area contributed by atoms with Gasteiger partial charge in [0.05, 0.1) is 4.47 Å². The molecule has 6 heteroatoms. The molecular weight excluding hydrogens is 298 g/mol. The minimum Gasteiger partial charge on any atom is -0.484 e. The molecule has 0 aliphatic carbocycles. The lowest BCUT2D eigenvalue weighted by atomic mass is 10.2. The molecule has 2 aromatic rings. The predicted molar refractivity (Wildman–Crippen MR) is 70.2 cm³/mol. The summed E-state index contributed by atoms with van der Waals surface area (Å²) in [6.45, 7) is 4.17. The molecular formula is C12H14BrN3O2. The molecule has 0 bridgehead atoms. The SMILES string of the molecule is CCNCc1ccc(OCc2ncon2)c(Br)c1. The van der Waals surface area contributed by atoms with Crippen LogP contribution in [0.2, 0.25) is 0 Å². The smallest absolute Gasteiger partial charge is 0.213 e. The van der Waals surface area contributed by atoms with E-state index in [-0.39, 0.29) is 0 Å². The van der Waals surface area contributed by atoms with Gasteiger partial charge in [0.25, 0.3) is 0 Å². The Labute approximate surface area is 114 Å². The number of halogens is 1. The minimum atomic E-state index is 0.293. The number of benzene rings is 1. The average molecular weight is 312 g/mol. The van der Waals surface area contributed by atoms with E-state index in [0.29, 0.717) is 12.4 Å². The molecule has 1 N–H and O–H groups in total. The number of hydrogen-bond acceptors (Lipinski definition) is 5. The highest BCUT2D eigenvalue weighted by Gasteiger charge is 2.05. The number of rotatable bonds is 6. The molecule has 0 atom stereocenters. The number of aromatic nitrogens is 2. The Morgan fingerprint density at radius 3 is 3.00 bits per heavy atom. The Bertz CT molecular complexity index is 488. The van der Waals surface area contributed by atoms with Gasteiger partial charge in [-0.1, -0.05) is 18.1 Å². The van der Waals surface area contributed by atoms with Crippen molar-refractivity contribution in [2.45, 2.75) is 20.1 Å². The van der Waals surface area contributed by atoms with Crippen molar-refractivity contribution in [3.05, 3.63) is 40.5 Å². The summed E-state index contributed by atoms with van der Waals surface area (Å²) in [5.41, 5.74) is 1.20. The highest BCUT2D eigenvalue weighted by Crippen LogP contribution is 2.26. The van der Waals surface area contributed by atoms with Crippen LogP contribution < -0.4 is 10.1 Å². The zero-order chi connectivity index (χ0) is 12.8. The standard InChI is InChI=1S/C12H14BrN3O2/c1-2-14-6-9-3-4-11(10(13)5-9)17-7-12-15-8-18-16-12/h3-5,8,14H,2,6-7H2,1H3. The fourth-order valence-electron chi connectivity index (χ4n) is 1.44. The van der Waals surface area contributed by atoms with Crippen LogP contribution in [0, 0.1) is 0 Å². The third kappa shape index (κ3) is 3.54. The van der Waals surface area contributed by atoms with Crippen LogP contribution >= 0.6 is 15.9 Å². The summed E-state index contributed by atoms with van der Waals surface area (Å²) < 4.78 is 11.1. The van der Waals surface area contributed by atoms with Crippen molar-refractivity contribution in [3.8, 4) is 5.75 Å². The van der Waals surface area contributed by atoms with E-state index in [4.69, 9.17) is 4.74 Å². The van der Waals surface area contributed by atoms with Crippen molar-refractivity contribution in [1.82, 2.24) is 15.5 Å². The second kappa shape index (κ2) is 6.51. The fourth-order valence-corrected chi connectivity index (χ4v) is 1.98. The Hall–Kier alpha value is -1.40. The summed E-state index contributed by atoms with van der Waals surface area (Å²) in [6.07, 6.45) is 1.28. The van der Waals surface area contributed by atoms with Crippen LogP contribution in [0.25, 0.3) is 0 Å². The van der Waals surface area contributed by atoms with Gasteiger partial charge in [0.1, 0.15) is 5.75 Å². The van der Waals surface area contributed by atoms with Crippen LogP contribution in [0.4, 0.5) is 0 Å². The fraction of sp³-hybridized carbons (Fsp3) is 0.333. The second-order valence-corrected chi connectivity index (χ2v) is 4.54. The molecule has 2 rings (SSSR count). The number of nitrogens with one attached hydrogen (secondary N) is 1. The third-order valence-electron chi connectivity index (χ3n) is 2.34. The lowest BCUT2D eigenvalue weighted by molar-refractivity contribution is 0.285. The molecule has 1 heterocycles. The van der Waals surface area contributed by atoms with Gasteiger partial charge in [-0.3, -0.25) is 0 Å². The van der Waals surface area contributed by atoms with E-state index in [0.717, 1.165) is 23.3 Å². The maximum Gasteiger partial charge on any atom is 0.213 e. The number of ether oxygens (including phenoxy) is 1. The zero-order valence-corrected chi connectivity index (χ0v) is 11.6. The highest BCUT2D eigenvalue weighted by molar-refractivity contribution is 9.10. The molecule has 0 aliphatic heterocycles. The van der Waals surface area contributed by atoms with Gasteiger partial charge >= 0.3 is 0 Å². The third-order valence-corrected chi connectivity index (χ3v) is 2.96. The Morgan fingerprint density at radius 1 is 1.44 bits per heavy atom. The topological polar surface area (TPSA) is 60.2 Å². The van der Waals surface area contributed by atoms with E-state index < -0.39 is 0 Å². The van der Waals surface area contributed by atoms with E-state index in [1.807, 2.05) is 18.2 Å². The molecule has 0 saturated carbocycles. The van der Waals surface area contributed by atoms with Crippen molar-refractivity contribution < 1.29 is 9.26 Å². The maximum atomic E-state index is 5.59. The monoisotopic (exact) mass is 311 g/mol. The molecule has 0 amide bonds. The summed E-state index contributed by atoms with van der Waals surface area (Å²) in [7, 11) is 0. The first-order chi connectivity index (χ1) is 8.79. The zero-order valence-electron chi connectivity index (χ0n) is 10.0. The molecule has 5 nitrogen and oxygen atoms in total. The van der Waals surface area contributed by atoms with Crippen molar-refractivity contribution in [1.29, 1.82) is 0 Å². The molecule has 18 heavy (non-hydrogen) atoms. The van der Waals surface area contributed by atoms with E-state index >= 15 is 0 Å². The van der Waals surface area contributed by atoms with Gasteiger partial charge in [-0.25, -0.2) is 0 Å². The summed E-state index contributed by atoms with van der Waals surface area (Å²) in [5.74, 6) is 1.29. The van der Waals surface area contributed by atoms with Crippen LogP contribution in [0.15, 0.2) is 33.6 Å². The van der Waals surface area contributed by atoms with E-state index in [1.165, 1.54) is 12.0 Å². The average Bonchev–Trinajstić information content (AvgIpc) is 2.88. The summed E-state index contributed by atoms with van der Waals surface area (Å²) in [4.78, 5) is 3.89. The minimum absolute atomic E-state index is 0.293. The van der Waals surface area contributed by atoms with Crippen LogP contribution in [-0.4, -0.2) is 16.7 Å². The van der Waals surface area contributed by atoms with E-state index in [1.54, 1.807) is 0 Å².